The van der Waals surface area contributed by atoms with Gasteiger partial charge in [0.25, 0.3) is 0 Å². The first-order chi connectivity index (χ1) is 4.30. The van der Waals surface area contributed by atoms with E-state index in [1.54, 1.807) is 0 Å². The van der Waals surface area contributed by atoms with Gasteiger partial charge < -0.3 is 10.5 Å². The Hall–Kier alpha value is -0.190. The van der Waals surface area contributed by atoms with E-state index in [9.17, 15) is 0 Å². The van der Waals surface area contributed by atoms with Crippen LogP contribution in [0.1, 0.15) is 0 Å². The first-order valence-electron chi connectivity index (χ1n) is 2.39. The minimum absolute atomic E-state index is 0. The van der Waals surface area contributed by atoms with Crippen molar-refractivity contribution in [1.29, 1.82) is 0 Å². The lowest BCUT2D eigenvalue weighted by atomic mass is 10.4. The predicted octanol–water partition coefficient (Wildman–Crippen LogP) is 1.34. The Balaban J connectivity index is 0.000000810. The maximum Gasteiger partial charge on any atom is 0.121 e. The van der Waals surface area contributed by atoms with Crippen molar-refractivity contribution in [3.8, 4) is 0 Å². The standard InChI is InChI=1S/C5H6N2S2.ClH/c6-5(8)4-2-1-3-9-7-4;/h1-3,7H,(H2,6,8);1H. The van der Waals surface area contributed by atoms with Crippen LogP contribution < -0.4 is 10.5 Å². The molecule has 0 atom stereocenters. The molecule has 0 fully saturated rings. The van der Waals surface area contributed by atoms with E-state index in [4.69, 9.17) is 18.0 Å². The number of allylic oxidation sites excluding steroid dienone is 2. The van der Waals surface area contributed by atoms with E-state index >= 15 is 0 Å². The van der Waals surface area contributed by atoms with Gasteiger partial charge in [-0.1, -0.05) is 18.3 Å². The molecule has 0 unspecified atom stereocenters. The summed E-state index contributed by atoms with van der Waals surface area (Å²) in [6.45, 7) is 0. The number of rotatable bonds is 1. The molecule has 0 aromatic rings. The van der Waals surface area contributed by atoms with Crippen molar-refractivity contribution in [2.45, 2.75) is 0 Å². The minimum Gasteiger partial charge on any atom is -0.388 e. The lowest BCUT2D eigenvalue weighted by Gasteiger charge is -2.07. The second kappa shape index (κ2) is 4.60. The van der Waals surface area contributed by atoms with Gasteiger partial charge in [-0.25, -0.2) is 0 Å². The summed E-state index contributed by atoms with van der Waals surface area (Å²) >= 11 is 6.18. The predicted molar refractivity (Wildman–Crippen MR) is 52.0 cm³/mol. The van der Waals surface area contributed by atoms with Crippen LogP contribution >= 0.6 is 36.6 Å². The smallest absolute Gasteiger partial charge is 0.121 e. The molecule has 0 saturated heterocycles. The zero-order valence-electron chi connectivity index (χ0n) is 5.03. The van der Waals surface area contributed by atoms with Crippen LogP contribution in [0.25, 0.3) is 0 Å². The SMILES string of the molecule is Cl.NC(=S)C1=CC=CSN1. The van der Waals surface area contributed by atoms with Crippen molar-refractivity contribution in [3.05, 3.63) is 23.3 Å². The van der Waals surface area contributed by atoms with E-state index in [0.717, 1.165) is 5.70 Å². The van der Waals surface area contributed by atoms with Gasteiger partial charge in [0.05, 0.1) is 5.70 Å². The molecular weight excluding hydrogens is 188 g/mol. The average Bonchev–Trinajstić information content (AvgIpc) is 1.90. The maximum absolute atomic E-state index is 5.32. The molecule has 1 heterocycles. The van der Waals surface area contributed by atoms with Crippen molar-refractivity contribution < 1.29 is 0 Å². The molecule has 3 N–H and O–H groups in total. The zero-order valence-corrected chi connectivity index (χ0v) is 7.48. The molecule has 1 rings (SSSR count). The second-order valence-electron chi connectivity index (χ2n) is 1.49. The van der Waals surface area contributed by atoms with Crippen LogP contribution in [0.2, 0.25) is 0 Å². The van der Waals surface area contributed by atoms with Crippen molar-refractivity contribution in [1.82, 2.24) is 4.72 Å². The Morgan fingerprint density at radius 1 is 1.70 bits per heavy atom. The van der Waals surface area contributed by atoms with Crippen LogP contribution in [-0.2, 0) is 0 Å². The zero-order chi connectivity index (χ0) is 6.69. The summed E-state index contributed by atoms with van der Waals surface area (Å²) in [5, 5.41) is 1.92. The molecule has 2 nitrogen and oxygen atoms in total. The van der Waals surface area contributed by atoms with E-state index in [1.165, 1.54) is 11.9 Å². The van der Waals surface area contributed by atoms with Gasteiger partial charge in [-0.15, -0.1) is 12.4 Å². The Labute approximate surface area is 75.5 Å². The van der Waals surface area contributed by atoms with Gasteiger partial charge in [-0.2, -0.15) is 0 Å². The third-order valence-electron chi connectivity index (χ3n) is 0.844. The highest BCUT2D eigenvalue weighted by Crippen LogP contribution is 2.07. The van der Waals surface area contributed by atoms with Crippen LogP contribution in [0.3, 0.4) is 0 Å². The molecule has 0 aliphatic carbocycles. The van der Waals surface area contributed by atoms with Crippen LogP contribution in [0.15, 0.2) is 23.3 Å². The molecule has 0 bridgehead atoms. The van der Waals surface area contributed by atoms with Crippen LogP contribution in [0.5, 0.6) is 0 Å². The first kappa shape index (κ1) is 9.81. The van der Waals surface area contributed by atoms with Crippen molar-refractivity contribution in [2.75, 3.05) is 0 Å². The third kappa shape index (κ3) is 2.60. The summed E-state index contributed by atoms with van der Waals surface area (Å²) in [5.41, 5.74) is 6.14. The van der Waals surface area contributed by atoms with Gasteiger partial charge in [-0.3, -0.25) is 0 Å². The van der Waals surface area contributed by atoms with Gasteiger partial charge in [0, 0.05) is 0 Å². The van der Waals surface area contributed by atoms with E-state index in [1.807, 2.05) is 17.6 Å². The average molecular weight is 195 g/mol. The summed E-state index contributed by atoms with van der Waals surface area (Å²) in [6, 6.07) is 0. The van der Waals surface area contributed by atoms with E-state index in [2.05, 4.69) is 4.72 Å². The number of nitrogens with two attached hydrogens (primary N) is 1. The summed E-state index contributed by atoms with van der Waals surface area (Å²) < 4.78 is 2.94. The molecule has 56 valence electrons. The van der Waals surface area contributed by atoms with Crippen molar-refractivity contribution in [3.63, 3.8) is 0 Å². The topological polar surface area (TPSA) is 38.0 Å². The van der Waals surface area contributed by atoms with E-state index < -0.39 is 0 Å². The number of hydrogen-bond donors (Lipinski definition) is 2. The number of nitrogens with one attached hydrogen (secondary N) is 1. The van der Waals surface area contributed by atoms with Crippen molar-refractivity contribution in [2.24, 2.45) is 5.73 Å². The lowest BCUT2D eigenvalue weighted by Crippen LogP contribution is -2.20. The van der Waals surface area contributed by atoms with Crippen LogP contribution in [0.4, 0.5) is 0 Å². The van der Waals surface area contributed by atoms with Gasteiger partial charge in [0.1, 0.15) is 4.99 Å². The molecule has 1 aliphatic heterocycles. The van der Waals surface area contributed by atoms with E-state index in [0.29, 0.717) is 4.99 Å². The Bertz CT molecular complexity index is 188. The quantitative estimate of drug-likeness (QED) is 0.488. The van der Waals surface area contributed by atoms with Gasteiger partial charge in [0.2, 0.25) is 0 Å². The molecule has 0 amide bonds. The molecule has 0 aromatic carbocycles. The molecule has 5 heteroatoms. The second-order valence-corrected chi connectivity index (χ2v) is 2.64. The molecule has 0 radical (unpaired) electrons. The largest absolute Gasteiger partial charge is 0.388 e. The fraction of sp³-hybridized carbons (Fsp3) is 0. The minimum atomic E-state index is 0. The Kier molecular flexibility index (Phi) is 4.51. The number of hydrogen-bond acceptors (Lipinski definition) is 3. The van der Waals surface area contributed by atoms with Crippen LogP contribution in [-0.4, -0.2) is 4.99 Å². The highest BCUT2D eigenvalue weighted by atomic mass is 35.5. The lowest BCUT2D eigenvalue weighted by molar-refractivity contribution is 1.32. The fourth-order valence-electron chi connectivity index (χ4n) is 0.439. The first-order valence-corrected chi connectivity index (χ1v) is 3.68. The highest BCUT2D eigenvalue weighted by Gasteiger charge is 1.99. The molecule has 10 heavy (non-hydrogen) atoms. The molecular formula is C5H7ClN2S2. The molecule has 0 aromatic heterocycles. The summed E-state index contributed by atoms with van der Waals surface area (Å²) in [5.74, 6) is 0. The highest BCUT2D eigenvalue weighted by molar-refractivity contribution is 8.00. The number of thiocarbonyl (C=S) groups is 1. The monoisotopic (exact) mass is 194 g/mol. The molecule has 0 saturated carbocycles. The summed E-state index contributed by atoms with van der Waals surface area (Å²) in [7, 11) is 0. The van der Waals surface area contributed by atoms with Crippen LogP contribution in [0, 0.1) is 0 Å². The van der Waals surface area contributed by atoms with Gasteiger partial charge in [-0.05, 0) is 23.4 Å². The van der Waals surface area contributed by atoms with E-state index in [-0.39, 0.29) is 12.4 Å². The normalized spacial score (nSPS) is 14.6. The Morgan fingerprint density at radius 3 is 2.70 bits per heavy atom. The fourth-order valence-corrected chi connectivity index (χ4v) is 1.15. The number of halogens is 1. The van der Waals surface area contributed by atoms with Crippen molar-refractivity contribution >= 4 is 41.6 Å². The molecule has 0 spiro atoms. The molecule has 1 aliphatic rings. The Morgan fingerprint density at radius 2 is 2.40 bits per heavy atom. The van der Waals surface area contributed by atoms with Gasteiger partial charge >= 0.3 is 0 Å². The van der Waals surface area contributed by atoms with Gasteiger partial charge in [0.15, 0.2) is 0 Å². The summed E-state index contributed by atoms with van der Waals surface area (Å²) in [4.78, 5) is 0.409. The summed E-state index contributed by atoms with van der Waals surface area (Å²) in [6.07, 6.45) is 3.74. The maximum atomic E-state index is 5.32. The third-order valence-corrected chi connectivity index (χ3v) is 1.69.